The Morgan fingerprint density at radius 3 is 1.72 bits per heavy atom. The van der Waals surface area contributed by atoms with E-state index in [-0.39, 0.29) is 26.6 Å². The molecule has 3 aromatic heterocycles. The minimum atomic E-state index is -4.47. The molecular weight excluding hydrogens is 712 g/mol. The predicted octanol–water partition coefficient (Wildman–Crippen LogP) is 10.3. The first-order valence-corrected chi connectivity index (χ1v) is 13.8. The van der Waals surface area contributed by atoms with Crippen molar-refractivity contribution in [3.63, 3.8) is 0 Å². The second-order valence-corrected chi connectivity index (χ2v) is 10.7. The fraction of sp³-hybridized carbons (Fsp3) is 0.100. The van der Waals surface area contributed by atoms with E-state index in [4.69, 9.17) is 34.8 Å². The molecule has 6 aromatic rings. The van der Waals surface area contributed by atoms with E-state index in [2.05, 4.69) is 9.97 Å². The SMILES string of the molecule is FC(F)(F)c1ccc2c(Cl)ccnc2c1.O=c1cc(Cl)c2ccc(C(F)(F)F)cc2[nH]1.[O-][n+]1ccc(Cl)c2ccc(C(F)(F)F)cc21. The summed E-state index contributed by atoms with van der Waals surface area (Å²) in [6.07, 6.45) is -10.8. The van der Waals surface area contributed by atoms with Crippen molar-refractivity contribution < 1.29 is 44.2 Å². The number of fused-ring (bicyclic) bond motifs is 3. The summed E-state index contributed by atoms with van der Waals surface area (Å²) in [5.74, 6) is 0. The Morgan fingerprint density at radius 1 is 0.617 bits per heavy atom. The Kier molecular flexibility index (Phi) is 10.2. The molecule has 47 heavy (non-hydrogen) atoms. The van der Waals surface area contributed by atoms with Gasteiger partial charge in [0.05, 0.1) is 48.2 Å². The van der Waals surface area contributed by atoms with Crippen LogP contribution in [0.2, 0.25) is 15.1 Å². The van der Waals surface area contributed by atoms with E-state index >= 15 is 0 Å². The number of alkyl halides is 9. The number of benzene rings is 3. The quantitative estimate of drug-likeness (QED) is 0.0962. The van der Waals surface area contributed by atoms with Gasteiger partial charge < -0.3 is 10.2 Å². The van der Waals surface area contributed by atoms with Crippen molar-refractivity contribution in [2.75, 3.05) is 0 Å². The molecule has 0 bridgehead atoms. The van der Waals surface area contributed by atoms with Crippen LogP contribution in [0.3, 0.4) is 0 Å². The monoisotopic (exact) mass is 725 g/mol. The molecule has 0 radical (unpaired) electrons. The number of halogens is 12. The summed E-state index contributed by atoms with van der Waals surface area (Å²) in [6.45, 7) is 0. The van der Waals surface area contributed by atoms with Crippen molar-refractivity contribution in [3.8, 4) is 0 Å². The summed E-state index contributed by atoms with van der Waals surface area (Å²) in [4.78, 5) is 17.2. The zero-order valence-corrected chi connectivity index (χ0v) is 25.1. The van der Waals surface area contributed by atoms with Gasteiger partial charge >= 0.3 is 18.5 Å². The van der Waals surface area contributed by atoms with Gasteiger partial charge in [-0.3, -0.25) is 9.78 Å². The maximum Gasteiger partial charge on any atom is 0.416 e. The Bertz CT molecular complexity index is 2150. The second-order valence-electron chi connectivity index (χ2n) is 9.48. The molecule has 0 spiro atoms. The topological polar surface area (TPSA) is 72.7 Å². The van der Waals surface area contributed by atoms with Gasteiger partial charge in [-0.15, -0.1) is 0 Å². The first-order chi connectivity index (χ1) is 21.8. The van der Waals surface area contributed by atoms with Gasteiger partial charge in [-0.2, -0.15) is 44.2 Å². The lowest BCUT2D eigenvalue weighted by Gasteiger charge is -2.08. The Hall–Kier alpha value is -4.27. The number of rotatable bonds is 0. The van der Waals surface area contributed by atoms with Crippen LogP contribution >= 0.6 is 34.8 Å². The normalized spacial score (nSPS) is 12.0. The number of nitrogens with zero attached hydrogens (tertiary/aromatic N) is 2. The summed E-state index contributed by atoms with van der Waals surface area (Å²) in [7, 11) is 0. The van der Waals surface area contributed by atoms with Gasteiger partial charge in [0.1, 0.15) is 0 Å². The van der Waals surface area contributed by atoms with Crippen LogP contribution in [0.1, 0.15) is 16.7 Å². The smallest absolute Gasteiger partial charge is 0.416 e. The van der Waals surface area contributed by atoms with Crippen LogP contribution in [0.5, 0.6) is 0 Å². The highest BCUT2D eigenvalue weighted by Crippen LogP contribution is 2.34. The zero-order chi connectivity index (χ0) is 34.9. The molecule has 5 nitrogen and oxygen atoms in total. The third-order valence-electron chi connectivity index (χ3n) is 6.31. The molecule has 0 unspecified atom stereocenters. The highest BCUT2D eigenvalue weighted by Gasteiger charge is 2.32. The third-order valence-corrected chi connectivity index (χ3v) is 7.28. The second kappa shape index (κ2) is 13.5. The largest absolute Gasteiger partial charge is 0.618 e. The highest BCUT2D eigenvalue weighted by molar-refractivity contribution is 6.36. The number of aromatic nitrogens is 3. The molecule has 3 aromatic carbocycles. The van der Waals surface area contributed by atoms with Crippen molar-refractivity contribution in [2.45, 2.75) is 18.5 Å². The Labute approximate surface area is 272 Å². The van der Waals surface area contributed by atoms with E-state index in [0.29, 0.717) is 25.9 Å². The summed E-state index contributed by atoms with van der Waals surface area (Å²) < 4.78 is 112. The Balaban J connectivity index is 0.000000160. The molecule has 0 fully saturated rings. The van der Waals surface area contributed by atoms with Crippen LogP contribution in [0.25, 0.3) is 32.7 Å². The molecular formula is C30H15Cl3F9N3O2. The van der Waals surface area contributed by atoms with E-state index in [0.717, 1.165) is 48.7 Å². The Morgan fingerprint density at radius 2 is 1.13 bits per heavy atom. The standard InChI is InChI=1S/2C10H5ClF3NO.C10H5ClF3N/c11-7-4-9(16)15-8-3-5(10(12,13)14)1-2-6(7)8;11-8-3-4-15(16)9-5-6(10(12,13)14)1-2-7(8)9;11-8-3-4-15-9-5-6(10(12,13)14)1-2-7(8)9/h1-4H,(H,15,16);1-5H;1-5H. The molecule has 17 heteroatoms. The van der Waals surface area contributed by atoms with Crippen molar-refractivity contribution in [1.82, 2.24) is 9.97 Å². The predicted molar refractivity (Wildman–Crippen MR) is 159 cm³/mol. The minimum Gasteiger partial charge on any atom is -0.618 e. The molecule has 1 N–H and O–H groups in total. The summed E-state index contributed by atoms with van der Waals surface area (Å²) in [6, 6.07) is 13.2. The van der Waals surface area contributed by atoms with Crippen LogP contribution in [-0.2, 0) is 18.5 Å². The van der Waals surface area contributed by atoms with E-state index in [1.54, 1.807) is 0 Å². The molecule has 0 aliphatic rings. The van der Waals surface area contributed by atoms with Gasteiger partial charge in [-0.25, -0.2) is 0 Å². The van der Waals surface area contributed by atoms with Crippen LogP contribution in [0.15, 0.2) is 90.0 Å². The van der Waals surface area contributed by atoms with Gasteiger partial charge in [0.2, 0.25) is 11.1 Å². The molecule has 0 saturated heterocycles. The fourth-order valence-corrected chi connectivity index (χ4v) is 4.78. The summed E-state index contributed by atoms with van der Waals surface area (Å²) >= 11 is 17.3. The maximum absolute atomic E-state index is 12.4. The molecule has 0 saturated carbocycles. The van der Waals surface area contributed by atoms with Gasteiger partial charge in [0.15, 0.2) is 6.20 Å². The zero-order valence-electron chi connectivity index (χ0n) is 22.8. The highest BCUT2D eigenvalue weighted by atomic mass is 35.5. The molecule has 246 valence electrons. The van der Waals surface area contributed by atoms with Crippen LogP contribution in [0.4, 0.5) is 39.5 Å². The molecule has 0 atom stereocenters. The first kappa shape index (κ1) is 35.6. The van der Waals surface area contributed by atoms with Gasteiger partial charge in [0, 0.05) is 35.2 Å². The lowest BCUT2D eigenvalue weighted by molar-refractivity contribution is -0.577. The average Bonchev–Trinajstić information content (AvgIpc) is 2.98. The number of pyridine rings is 3. The number of hydrogen-bond acceptors (Lipinski definition) is 3. The average molecular weight is 727 g/mol. The van der Waals surface area contributed by atoms with Crippen molar-refractivity contribution in [3.05, 3.63) is 133 Å². The first-order valence-electron chi connectivity index (χ1n) is 12.7. The van der Waals surface area contributed by atoms with Gasteiger partial charge in [-0.05, 0) is 42.5 Å². The lowest BCUT2D eigenvalue weighted by atomic mass is 10.1. The summed E-state index contributed by atoms with van der Waals surface area (Å²) in [5, 5.41) is 13.3. The van der Waals surface area contributed by atoms with E-state index in [9.17, 15) is 49.5 Å². The van der Waals surface area contributed by atoms with E-state index < -0.39 is 40.8 Å². The van der Waals surface area contributed by atoms with Gasteiger partial charge in [0.25, 0.3) is 0 Å². The number of nitrogens with one attached hydrogen (secondary N) is 1. The third kappa shape index (κ3) is 8.56. The number of aromatic amines is 1. The lowest BCUT2D eigenvalue weighted by Crippen LogP contribution is -2.26. The molecule has 0 aliphatic heterocycles. The molecule has 0 amide bonds. The number of H-pyrrole nitrogens is 1. The summed E-state index contributed by atoms with van der Waals surface area (Å²) in [5.41, 5.74) is -2.71. The number of hydrogen-bond donors (Lipinski definition) is 1. The van der Waals surface area contributed by atoms with Crippen molar-refractivity contribution in [1.29, 1.82) is 0 Å². The van der Waals surface area contributed by atoms with Crippen LogP contribution in [-0.4, -0.2) is 9.97 Å². The van der Waals surface area contributed by atoms with Crippen molar-refractivity contribution >= 4 is 67.5 Å². The van der Waals surface area contributed by atoms with Crippen molar-refractivity contribution in [2.24, 2.45) is 0 Å². The van der Waals surface area contributed by atoms with Crippen LogP contribution < -0.4 is 10.3 Å². The van der Waals surface area contributed by atoms with E-state index in [1.807, 2.05) is 0 Å². The van der Waals surface area contributed by atoms with E-state index in [1.165, 1.54) is 36.5 Å². The molecule has 3 heterocycles. The minimum absolute atomic E-state index is 0.0762. The van der Waals surface area contributed by atoms with Gasteiger partial charge in [-0.1, -0.05) is 46.9 Å². The fourth-order valence-electron chi connectivity index (χ4n) is 4.08. The van der Waals surface area contributed by atoms with Crippen LogP contribution in [0, 0.1) is 5.21 Å². The maximum atomic E-state index is 12.4. The molecule has 6 rings (SSSR count). The molecule has 0 aliphatic carbocycles.